The van der Waals surface area contributed by atoms with Crippen molar-refractivity contribution >= 4 is 0 Å². The lowest BCUT2D eigenvalue weighted by Crippen LogP contribution is -2.45. The van der Waals surface area contributed by atoms with Crippen LogP contribution in [0.15, 0.2) is 11.1 Å². The Morgan fingerprint density at radius 3 is 2.50 bits per heavy atom. The second kappa shape index (κ2) is 4.03. The summed E-state index contributed by atoms with van der Waals surface area (Å²) in [6, 6.07) is 0. The quantitative estimate of drug-likeness (QED) is 0.634. The average molecular weight is 198 g/mol. The lowest BCUT2D eigenvalue weighted by atomic mass is 9.64. The van der Waals surface area contributed by atoms with Gasteiger partial charge in [-0.1, -0.05) is 19.4 Å². The number of aliphatic hydroxyl groups excluding tert-OH is 2. The summed E-state index contributed by atoms with van der Waals surface area (Å²) in [6.45, 7) is 8.22. The molecule has 14 heavy (non-hydrogen) atoms. The van der Waals surface area contributed by atoms with Gasteiger partial charge in [0.05, 0.1) is 12.7 Å². The molecule has 0 amide bonds. The molecule has 0 aromatic rings. The molecule has 1 saturated carbocycles. The van der Waals surface area contributed by atoms with Crippen molar-refractivity contribution < 1.29 is 10.2 Å². The van der Waals surface area contributed by atoms with E-state index in [0.29, 0.717) is 5.92 Å². The number of hydrogen-bond acceptors (Lipinski definition) is 2. The van der Waals surface area contributed by atoms with Crippen molar-refractivity contribution in [3.8, 4) is 0 Å². The lowest BCUT2D eigenvalue weighted by molar-refractivity contribution is -0.0406. The highest BCUT2D eigenvalue weighted by molar-refractivity contribution is 5.21. The highest BCUT2D eigenvalue weighted by Gasteiger charge is 2.43. The zero-order chi connectivity index (χ0) is 10.9. The van der Waals surface area contributed by atoms with Gasteiger partial charge in [0.1, 0.15) is 0 Å². The van der Waals surface area contributed by atoms with E-state index in [0.717, 1.165) is 18.4 Å². The molecule has 1 aliphatic carbocycles. The molecule has 0 aliphatic heterocycles. The minimum absolute atomic E-state index is 0.0616. The molecule has 0 aromatic carbocycles. The molecule has 0 heterocycles. The summed E-state index contributed by atoms with van der Waals surface area (Å²) in [6.07, 6.45) is 1.57. The van der Waals surface area contributed by atoms with E-state index < -0.39 is 6.10 Å². The first-order valence-electron chi connectivity index (χ1n) is 5.38. The van der Waals surface area contributed by atoms with Crippen LogP contribution in [0.4, 0.5) is 0 Å². The molecule has 2 heteroatoms. The van der Waals surface area contributed by atoms with Crippen molar-refractivity contribution in [3.63, 3.8) is 0 Å². The Morgan fingerprint density at radius 1 is 1.50 bits per heavy atom. The van der Waals surface area contributed by atoms with Crippen LogP contribution in [-0.4, -0.2) is 22.9 Å². The van der Waals surface area contributed by atoms with E-state index in [4.69, 9.17) is 0 Å². The van der Waals surface area contributed by atoms with Crippen LogP contribution in [0.5, 0.6) is 0 Å². The van der Waals surface area contributed by atoms with E-state index in [1.165, 1.54) is 5.57 Å². The smallest absolute Gasteiger partial charge is 0.0830 e. The Kier molecular flexibility index (Phi) is 3.38. The van der Waals surface area contributed by atoms with Crippen molar-refractivity contribution in [2.24, 2.45) is 11.3 Å². The second-order valence-electron chi connectivity index (χ2n) is 5.03. The molecular weight excluding hydrogens is 176 g/mol. The molecule has 82 valence electrons. The van der Waals surface area contributed by atoms with Gasteiger partial charge in [0.25, 0.3) is 0 Å². The van der Waals surface area contributed by atoms with Crippen LogP contribution in [0.1, 0.15) is 40.5 Å². The summed E-state index contributed by atoms with van der Waals surface area (Å²) < 4.78 is 0. The third kappa shape index (κ3) is 1.73. The zero-order valence-corrected chi connectivity index (χ0v) is 9.67. The lowest BCUT2D eigenvalue weighted by Gasteiger charge is -2.44. The minimum Gasteiger partial charge on any atom is -0.396 e. The fourth-order valence-electron chi connectivity index (χ4n) is 2.27. The van der Waals surface area contributed by atoms with Gasteiger partial charge in [-0.25, -0.2) is 0 Å². The van der Waals surface area contributed by atoms with Gasteiger partial charge in [-0.2, -0.15) is 0 Å². The van der Waals surface area contributed by atoms with Gasteiger partial charge in [-0.05, 0) is 38.2 Å². The van der Waals surface area contributed by atoms with Crippen molar-refractivity contribution in [1.29, 1.82) is 0 Å². The van der Waals surface area contributed by atoms with Gasteiger partial charge in [0.15, 0.2) is 0 Å². The summed E-state index contributed by atoms with van der Waals surface area (Å²) in [5.74, 6) is 0.380. The fraction of sp³-hybridized carbons (Fsp3) is 0.833. The monoisotopic (exact) mass is 198 g/mol. The van der Waals surface area contributed by atoms with E-state index in [1.807, 2.05) is 20.8 Å². The van der Waals surface area contributed by atoms with Crippen molar-refractivity contribution in [2.75, 3.05) is 6.61 Å². The van der Waals surface area contributed by atoms with E-state index in [2.05, 4.69) is 6.92 Å². The number of rotatable bonds is 1. The molecule has 2 N–H and O–H groups in total. The van der Waals surface area contributed by atoms with Crippen LogP contribution in [0.25, 0.3) is 0 Å². The third-order valence-corrected chi connectivity index (χ3v) is 3.91. The Bertz CT molecular complexity index is 241. The molecule has 3 atom stereocenters. The molecule has 0 bridgehead atoms. The Hall–Kier alpha value is -0.340. The molecular formula is C12H22O2. The van der Waals surface area contributed by atoms with E-state index in [9.17, 15) is 10.2 Å². The van der Waals surface area contributed by atoms with Gasteiger partial charge >= 0.3 is 0 Å². The minimum atomic E-state index is -0.471. The van der Waals surface area contributed by atoms with Crippen LogP contribution in [-0.2, 0) is 0 Å². The van der Waals surface area contributed by atoms with Gasteiger partial charge in [-0.3, -0.25) is 0 Å². The Balaban J connectivity index is 3.00. The predicted octanol–water partition coefficient (Wildman–Crippen LogP) is 2.11. The van der Waals surface area contributed by atoms with Crippen LogP contribution >= 0.6 is 0 Å². The highest BCUT2D eigenvalue weighted by atomic mass is 16.3. The number of hydrogen-bond donors (Lipinski definition) is 2. The van der Waals surface area contributed by atoms with Crippen LogP contribution in [0.3, 0.4) is 0 Å². The number of allylic oxidation sites excluding steroid dienone is 1. The molecule has 0 unspecified atom stereocenters. The maximum absolute atomic E-state index is 10.2. The standard InChI is InChI=1S/C12H22O2/c1-8(2)10-6-5-9(3)12(4,7-13)11(10)14/h9,11,13-14H,5-7H2,1-4H3/t9-,11-,12-/m1/s1. The average Bonchev–Trinajstić information content (AvgIpc) is 2.14. The van der Waals surface area contributed by atoms with Gasteiger partial charge in [0, 0.05) is 5.41 Å². The topological polar surface area (TPSA) is 40.5 Å². The molecule has 0 saturated heterocycles. The van der Waals surface area contributed by atoms with Crippen molar-refractivity contribution in [3.05, 3.63) is 11.1 Å². The van der Waals surface area contributed by atoms with Gasteiger partial charge in [0.2, 0.25) is 0 Å². The summed E-state index contributed by atoms with van der Waals surface area (Å²) in [7, 11) is 0. The molecule has 0 spiro atoms. The Labute approximate surface area is 86.6 Å². The summed E-state index contributed by atoms with van der Waals surface area (Å²) in [5, 5.41) is 19.6. The van der Waals surface area contributed by atoms with Crippen molar-refractivity contribution in [1.82, 2.24) is 0 Å². The first-order valence-corrected chi connectivity index (χ1v) is 5.38. The van der Waals surface area contributed by atoms with Crippen LogP contribution < -0.4 is 0 Å². The van der Waals surface area contributed by atoms with Crippen LogP contribution in [0.2, 0.25) is 0 Å². The first kappa shape index (κ1) is 11.7. The summed E-state index contributed by atoms with van der Waals surface area (Å²) in [4.78, 5) is 0. The maximum atomic E-state index is 10.2. The van der Waals surface area contributed by atoms with Gasteiger partial charge in [-0.15, -0.1) is 0 Å². The highest BCUT2D eigenvalue weighted by Crippen LogP contribution is 2.43. The Morgan fingerprint density at radius 2 is 2.07 bits per heavy atom. The second-order valence-corrected chi connectivity index (χ2v) is 5.03. The SMILES string of the molecule is CC(C)=C1CC[C@@H](C)[C@@](C)(CO)[C@@H]1O. The van der Waals surface area contributed by atoms with Crippen molar-refractivity contribution in [2.45, 2.75) is 46.6 Å². The zero-order valence-electron chi connectivity index (χ0n) is 9.67. The molecule has 1 rings (SSSR count). The van der Waals surface area contributed by atoms with Gasteiger partial charge < -0.3 is 10.2 Å². The molecule has 0 radical (unpaired) electrons. The normalized spacial score (nSPS) is 38.6. The third-order valence-electron chi connectivity index (χ3n) is 3.91. The summed E-state index contributed by atoms with van der Waals surface area (Å²) in [5.41, 5.74) is 1.97. The fourth-order valence-corrected chi connectivity index (χ4v) is 2.27. The van der Waals surface area contributed by atoms with E-state index in [1.54, 1.807) is 0 Å². The largest absolute Gasteiger partial charge is 0.396 e. The molecule has 2 nitrogen and oxygen atoms in total. The maximum Gasteiger partial charge on any atom is 0.0830 e. The van der Waals surface area contributed by atoms with Crippen LogP contribution in [0, 0.1) is 11.3 Å². The molecule has 1 aliphatic rings. The first-order chi connectivity index (χ1) is 6.43. The predicted molar refractivity (Wildman–Crippen MR) is 58.0 cm³/mol. The number of aliphatic hydroxyl groups is 2. The van der Waals surface area contributed by atoms with E-state index in [-0.39, 0.29) is 12.0 Å². The summed E-state index contributed by atoms with van der Waals surface area (Å²) >= 11 is 0. The van der Waals surface area contributed by atoms with E-state index >= 15 is 0 Å². The molecule has 1 fully saturated rings. The molecule has 0 aromatic heterocycles.